The molecule has 0 fully saturated rings. The van der Waals surface area contributed by atoms with Gasteiger partial charge in [0.05, 0.1) is 12.3 Å². The molecule has 0 aliphatic carbocycles. The molecule has 0 spiro atoms. The van der Waals surface area contributed by atoms with Gasteiger partial charge in [-0.1, -0.05) is 25.1 Å². The largest absolute Gasteiger partial charge is 0.395 e. The van der Waals surface area contributed by atoms with Gasteiger partial charge >= 0.3 is 0 Å². The van der Waals surface area contributed by atoms with Crippen LogP contribution in [0.2, 0.25) is 0 Å². The lowest BCUT2D eigenvalue weighted by Gasteiger charge is -2.22. The van der Waals surface area contributed by atoms with Gasteiger partial charge in [0.25, 0.3) is 0 Å². The van der Waals surface area contributed by atoms with E-state index in [1.165, 1.54) is 0 Å². The SMILES string of the molecule is CCc1cc(-c2cccc(-c3nc(NCCO)c4nc(C5=CC(=O)N(C)CC5)n(CC)c4n3)c2)nn1C. The number of imidazole rings is 1. The molecule has 2 N–H and O–H groups in total. The van der Waals surface area contributed by atoms with Gasteiger partial charge in [-0.2, -0.15) is 5.10 Å². The van der Waals surface area contributed by atoms with E-state index in [9.17, 15) is 9.90 Å². The number of aliphatic hydroxyl groups is 1. The highest BCUT2D eigenvalue weighted by molar-refractivity contribution is 5.97. The molecule has 0 atom stereocenters. The lowest BCUT2D eigenvalue weighted by molar-refractivity contribution is -0.125. The van der Waals surface area contributed by atoms with E-state index in [1.807, 2.05) is 47.5 Å². The van der Waals surface area contributed by atoms with Crippen LogP contribution in [0.3, 0.4) is 0 Å². The van der Waals surface area contributed by atoms with Crippen molar-refractivity contribution in [1.82, 2.24) is 34.2 Å². The number of carbonyl (C=O) groups excluding carboxylic acids is 1. The van der Waals surface area contributed by atoms with Gasteiger partial charge in [-0.05, 0) is 31.9 Å². The van der Waals surface area contributed by atoms with Gasteiger partial charge in [0.2, 0.25) is 5.91 Å². The molecule has 10 heteroatoms. The van der Waals surface area contributed by atoms with Crippen LogP contribution in [-0.2, 0) is 24.8 Å². The minimum absolute atomic E-state index is 0.0288. The molecule has 1 amide bonds. The van der Waals surface area contributed by atoms with Crippen LogP contribution >= 0.6 is 0 Å². The number of aryl methyl sites for hydroxylation is 3. The zero-order valence-corrected chi connectivity index (χ0v) is 21.7. The topological polar surface area (TPSA) is 114 Å². The summed E-state index contributed by atoms with van der Waals surface area (Å²) in [4.78, 5) is 28.7. The number of anilines is 1. The molecule has 1 aliphatic heterocycles. The predicted octanol–water partition coefficient (Wildman–Crippen LogP) is 3.13. The summed E-state index contributed by atoms with van der Waals surface area (Å²) in [6.07, 6.45) is 3.29. The Hall–Kier alpha value is -4.05. The zero-order chi connectivity index (χ0) is 26.1. The molecule has 37 heavy (non-hydrogen) atoms. The number of nitrogens with zero attached hydrogens (tertiary/aromatic N) is 7. The highest BCUT2D eigenvalue weighted by Gasteiger charge is 2.24. The fourth-order valence-corrected chi connectivity index (χ4v) is 4.67. The van der Waals surface area contributed by atoms with Gasteiger partial charge in [0, 0.05) is 62.2 Å². The molecule has 0 saturated heterocycles. The molecular formula is C27H32N8O2. The molecule has 1 aromatic carbocycles. The quantitative estimate of drug-likeness (QED) is 0.382. The van der Waals surface area contributed by atoms with Gasteiger partial charge < -0.3 is 19.9 Å². The number of carbonyl (C=O) groups is 1. The van der Waals surface area contributed by atoms with Gasteiger partial charge in [0.1, 0.15) is 5.82 Å². The summed E-state index contributed by atoms with van der Waals surface area (Å²) >= 11 is 0. The van der Waals surface area contributed by atoms with Crippen molar-refractivity contribution in [3.63, 3.8) is 0 Å². The van der Waals surface area contributed by atoms with Crippen LogP contribution in [0, 0.1) is 0 Å². The number of hydrogen-bond donors (Lipinski definition) is 2. The molecule has 0 bridgehead atoms. The fourth-order valence-electron chi connectivity index (χ4n) is 4.67. The Labute approximate surface area is 215 Å². The Bertz CT molecular complexity index is 1500. The van der Waals surface area contributed by atoms with Gasteiger partial charge in [-0.3, -0.25) is 9.48 Å². The van der Waals surface area contributed by atoms with Crippen LogP contribution in [0.25, 0.3) is 39.4 Å². The van der Waals surface area contributed by atoms with E-state index in [-0.39, 0.29) is 12.5 Å². The Kier molecular flexibility index (Phi) is 6.75. The summed E-state index contributed by atoms with van der Waals surface area (Å²) in [6, 6.07) is 10.1. The van der Waals surface area contributed by atoms with E-state index in [0.29, 0.717) is 42.4 Å². The van der Waals surface area contributed by atoms with Crippen molar-refractivity contribution in [3.05, 3.63) is 47.9 Å². The normalized spacial score (nSPS) is 13.9. The van der Waals surface area contributed by atoms with Crippen LogP contribution in [0.15, 0.2) is 36.4 Å². The van der Waals surface area contributed by atoms with Crippen molar-refractivity contribution in [3.8, 4) is 22.6 Å². The molecular weight excluding hydrogens is 468 g/mol. The van der Waals surface area contributed by atoms with Crippen LogP contribution in [0.5, 0.6) is 0 Å². The van der Waals surface area contributed by atoms with Crippen molar-refractivity contribution in [2.45, 2.75) is 33.2 Å². The first-order valence-electron chi connectivity index (χ1n) is 12.7. The predicted molar refractivity (Wildman–Crippen MR) is 144 cm³/mol. The van der Waals surface area contributed by atoms with E-state index in [4.69, 9.17) is 15.0 Å². The molecule has 1 aliphatic rings. The lowest BCUT2D eigenvalue weighted by Crippen LogP contribution is -2.30. The molecule has 0 unspecified atom stereocenters. The van der Waals surface area contributed by atoms with Gasteiger partial charge in [-0.25, -0.2) is 15.0 Å². The van der Waals surface area contributed by atoms with E-state index < -0.39 is 0 Å². The van der Waals surface area contributed by atoms with Crippen molar-refractivity contribution in [1.29, 1.82) is 0 Å². The van der Waals surface area contributed by atoms with E-state index in [1.54, 1.807) is 18.0 Å². The number of rotatable bonds is 8. The van der Waals surface area contributed by atoms with E-state index in [0.717, 1.165) is 46.8 Å². The summed E-state index contributed by atoms with van der Waals surface area (Å²) in [5.41, 5.74) is 6.11. The third-order valence-corrected chi connectivity index (χ3v) is 6.75. The number of aliphatic hydroxyl groups excluding tert-OH is 1. The Morgan fingerprint density at radius 1 is 1.08 bits per heavy atom. The first-order chi connectivity index (χ1) is 17.9. The maximum Gasteiger partial charge on any atom is 0.246 e. The molecule has 0 saturated carbocycles. The number of likely N-dealkylation sites (N-methyl/N-ethyl adjacent to an activating group) is 1. The van der Waals surface area contributed by atoms with Gasteiger partial charge in [-0.15, -0.1) is 0 Å². The van der Waals surface area contributed by atoms with Crippen LogP contribution in [0.4, 0.5) is 5.82 Å². The Morgan fingerprint density at radius 3 is 2.59 bits per heavy atom. The van der Waals surface area contributed by atoms with Gasteiger partial charge in [0.15, 0.2) is 22.8 Å². The summed E-state index contributed by atoms with van der Waals surface area (Å²) in [5, 5.41) is 17.3. The second kappa shape index (κ2) is 10.1. The second-order valence-electron chi connectivity index (χ2n) is 9.16. The first-order valence-corrected chi connectivity index (χ1v) is 12.7. The van der Waals surface area contributed by atoms with Crippen molar-refractivity contribution in [2.24, 2.45) is 7.05 Å². The monoisotopic (exact) mass is 500 g/mol. The summed E-state index contributed by atoms with van der Waals surface area (Å²) < 4.78 is 3.94. The first kappa shape index (κ1) is 24.6. The molecule has 10 nitrogen and oxygen atoms in total. The zero-order valence-electron chi connectivity index (χ0n) is 21.7. The number of hydrogen-bond acceptors (Lipinski definition) is 7. The fraction of sp³-hybridized carbons (Fsp3) is 0.370. The van der Waals surface area contributed by atoms with E-state index >= 15 is 0 Å². The number of fused-ring (bicyclic) bond motifs is 1. The minimum Gasteiger partial charge on any atom is -0.395 e. The van der Waals surface area contributed by atoms with Crippen molar-refractivity contribution < 1.29 is 9.90 Å². The van der Waals surface area contributed by atoms with Crippen molar-refractivity contribution in [2.75, 3.05) is 32.1 Å². The maximum atomic E-state index is 12.4. The van der Waals surface area contributed by atoms with Crippen LogP contribution < -0.4 is 5.32 Å². The summed E-state index contributed by atoms with van der Waals surface area (Å²) in [6.45, 7) is 5.73. The third-order valence-electron chi connectivity index (χ3n) is 6.75. The average molecular weight is 501 g/mol. The number of nitrogens with one attached hydrogen (secondary N) is 1. The molecule has 5 rings (SSSR count). The lowest BCUT2D eigenvalue weighted by atomic mass is 10.1. The molecule has 3 aromatic heterocycles. The molecule has 192 valence electrons. The van der Waals surface area contributed by atoms with E-state index in [2.05, 4.69) is 23.4 Å². The summed E-state index contributed by atoms with van der Waals surface area (Å²) in [5.74, 6) is 1.81. The molecule has 0 radical (unpaired) electrons. The standard InChI is InChI=1S/C27H32N8O2/c1-5-20-16-21(32-34(20)4)17-8-7-9-18(14-17)24-30-25(28-11-13-36)23-27(31-24)35(6-2)26(29-23)19-10-12-33(3)22(37)15-19/h7-9,14-16,36H,5-6,10-13H2,1-4H3,(H,28,30,31). The molecule has 4 heterocycles. The maximum absolute atomic E-state index is 12.4. The number of amides is 1. The molecule has 4 aromatic rings. The van der Waals surface area contributed by atoms with Crippen LogP contribution in [-0.4, -0.2) is 72.0 Å². The second-order valence-corrected chi connectivity index (χ2v) is 9.16. The third kappa shape index (κ3) is 4.60. The number of aromatic nitrogens is 6. The highest BCUT2D eigenvalue weighted by atomic mass is 16.3. The Balaban J connectivity index is 1.65. The smallest absolute Gasteiger partial charge is 0.246 e. The average Bonchev–Trinajstić information content (AvgIpc) is 3.48. The number of benzene rings is 1. The van der Waals surface area contributed by atoms with Crippen molar-refractivity contribution >= 4 is 28.5 Å². The Morgan fingerprint density at radius 2 is 1.89 bits per heavy atom. The van der Waals surface area contributed by atoms with Crippen LogP contribution in [0.1, 0.15) is 31.8 Å². The summed E-state index contributed by atoms with van der Waals surface area (Å²) in [7, 11) is 3.76. The highest BCUT2D eigenvalue weighted by Crippen LogP contribution is 2.31. The minimum atomic E-state index is -0.0386.